The highest BCUT2D eigenvalue weighted by molar-refractivity contribution is 5.28. The predicted molar refractivity (Wildman–Crippen MR) is 71.3 cm³/mol. The van der Waals surface area contributed by atoms with Crippen molar-refractivity contribution in [1.29, 1.82) is 0 Å². The van der Waals surface area contributed by atoms with Crippen LogP contribution in [0.25, 0.3) is 0 Å². The maximum atomic E-state index is 5.99. The minimum Gasteiger partial charge on any atom is -0.490 e. The van der Waals surface area contributed by atoms with Crippen molar-refractivity contribution in [2.75, 3.05) is 6.54 Å². The maximum absolute atomic E-state index is 5.99. The Morgan fingerprint density at radius 2 is 2.12 bits per heavy atom. The van der Waals surface area contributed by atoms with Crippen molar-refractivity contribution in [1.82, 2.24) is 5.32 Å². The Labute approximate surface area is 104 Å². The molecule has 2 rings (SSSR count). The fourth-order valence-electron chi connectivity index (χ4n) is 2.34. The van der Waals surface area contributed by atoms with E-state index < -0.39 is 0 Å². The molecule has 2 heteroatoms. The van der Waals surface area contributed by atoms with E-state index in [9.17, 15) is 0 Å². The molecule has 0 amide bonds. The Morgan fingerprint density at radius 1 is 1.29 bits per heavy atom. The van der Waals surface area contributed by atoms with E-state index in [2.05, 4.69) is 36.5 Å². The van der Waals surface area contributed by atoms with Gasteiger partial charge in [-0.05, 0) is 56.3 Å². The van der Waals surface area contributed by atoms with Crippen LogP contribution in [0.5, 0.6) is 5.75 Å². The largest absolute Gasteiger partial charge is 0.490 e. The van der Waals surface area contributed by atoms with Crippen LogP contribution in [0.3, 0.4) is 0 Å². The van der Waals surface area contributed by atoms with Gasteiger partial charge in [-0.2, -0.15) is 0 Å². The van der Waals surface area contributed by atoms with Crippen molar-refractivity contribution in [2.24, 2.45) is 0 Å². The van der Waals surface area contributed by atoms with E-state index >= 15 is 0 Å². The molecule has 0 atom stereocenters. The lowest BCUT2D eigenvalue weighted by Crippen LogP contribution is -2.14. The van der Waals surface area contributed by atoms with E-state index in [-0.39, 0.29) is 0 Å². The summed E-state index contributed by atoms with van der Waals surface area (Å²) in [5.74, 6) is 1.03. The van der Waals surface area contributed by atoms with Crippen LogP contribution in [-0.4, -0.2) is 12.6 Å². The molecule has 1 saturated carbocycles. The third kappa shape index (κ3) is 4.04. The molecule has 94 valence electrons. The summed E-state index contributed by atoms with van der Waals surface area (Å²) in [5, 5.41) is 3.42. The number of nitrogens with one attached hydrogen (secondary N) is 1. The first-order valence-electron chi connectivity index (χ1n) is 6.85. The molecule has 1 N–H and O–H groups in total. The first-order chi connectivity index (χ1) is 8.38. The smallest absolute Gasteiger partial charge is 0.120 e. The quantitative estimate of drug-likeness (QED) is 0.759. The standard InChI is InChI=1S/C15H23NO/c1-2-10-16-12-13-6-5-9-15(11-13)17-14-7-3-4-8-14/h5-6,9,11,14,16H,2-4,7-8,10,12H2,1H3. The zero-order valence-corrected chi connectivity index (χ0v) is 10.7. The van der Waals surface area contributed by atoms with E-state index in [1.165, 1.54) is 37.7 Å². The van der Waals surface area contributed by atoms with Crippen LogP contribution in [0.2, 0.25) is 0 Å². The van der Waals surface area contributed by atoms with E-state index in [1.54, 1.807) is 0 Å². The molecule has 1 fully saturated rings. The molecule has 0 saturated heterocycles. The van der Waals surface area contributed by atoms with Crippen LogP contribution in [0.4, 0.5) is 0 Å². The van der Waals surface area contributed by atoms with Crippen LogP contribution < -0.4 is 10.1 Å². The molecular formula is C15H23NO. The summed E-state index contributed by atoms with van der Waals surface area (Å²) < 4.78 is 5.99. The number of hydrogen-bond donors (Lipinski definition) is 1. The number of ether oxygens (including phenoxy) is 1. The van der Waals surface area contributed by atoms with Gasteiger partial charge in [0, 0.05) is 6.54 Å². The summed E-state index contributed by atoms with van der Waals surface area (Å²) in [7, 11) is 0. The fraction of sp³-hybridized carbons (Fsp3) is 0.600. The van der Waals surface area contributed by atoms with Gasteiger partial charge in [-0.1, -0.05) is 19.1 Å². The lowest BCUT2D eigenvalue weighted by molar-refractivity contribution is 0.210. The molecule has 0 heterocycles. The average molecular weight is 233 g/mol. The first kappa shape index (κ1) is 12.4. The zero-order valence-electron chi connectivity index (χ0n) is 10.7. The van der Waals surface area contributed by atoms with E-state index in [4.69, 9.17) is 4.74 Å². The second kappa shape index (κ2) is 6.65. The minimum atomic E-state index is 0.453. The van der Waals surface area contributed by atoms with Crippen LogP contribution in [-0.2, 0) is 6.54 Å². The van der Waals surface area contributed by atoms with Gasteiger partial charge in [-0.25, -0.2) is 0 Å². The molecule has 1 aromatic rings. The molecule has 2 nitrogen and oxygen atoms in total. The molecule has 17 heavy (non-hydrogen) atoms. The zero-order chi connectivity index (χ0) is 11.9. The Kier molecular flexibility index (Phi) is 4.87. The molecule has 1 aliphatic carbocycles. The van der Waals surface area contributed by atoms with E-state index in [0.717, 1.165) is 18.8 Å². The number of benzene rings is 1. The second-order valence-corrected chi connectivity index (χ2v) is 4.85. The summed E-state index contributed by atoms with van der Waals surface area (Å²) in [6, 6.07) is 8.49. The molecule has 0 aromatic heterocycles. The molecule has 0 bridgehead atoms. The minimum absolute atomic E-state index is 0.453. The lowest BCUT2D eigenvalue weighted by atomic mass is 10.2. The molecule has 0 aliphatic heterocycles. The summed E-state index contributed by atoms with van der Waals surface area (Å²) >= 11 is 0. The third-order valence-electron chi connectivity index (χ3n) is 3.26. The summed E-state index contributed by atoms with van der Waals surface area (Å²) in [6.07, 6.45) is 6.72. The van der Waals surface area contributed by atoms with Crippen molar-refractivity contribution in [3.8, 4) is 5.75 Å². The average Bonchev–Trinajstić information content (AvgIpc) is 2.83. The van der Waals surface area contributed by atoms with Crippen molar-refractivity contribution in [3.63, 3.8) is 0 Å². The Morgan fingerprint density at radius 3 is 2.88 bits per heavy atom. The highest BCUT2D eigenvalue weighted by atomic mass is 16.5. The highest BCUT2D eigenvalue weighted by Gasteiger charge is 2.16. The first-order valence-corrected chi connectivity index (χ1v) is 6.85. The van der Waals surface area contributed by atoms with Gasteiger partial charge in [0.05, 0.1) is 6.10 Å². The van der Waals surface area contributed by atoms with Crippen molar-refractivity contribution < 1.29 is 4.74 Å². The monoisotopic (exact) mass is 233 g/mol. The third-order valence-corrected chi connectivity index (χ3v) is 3.26. The van der Waals surface area contributed by atoms with Crippen LogP contribution in [0.15, 0.2) is 24.3 Å². The molecular weight excluding hydrogens is 210 g/mol. The van der Waals surface area contributed by atoms with Crippen LogP contribution in [0, 0.1) is 0 Å². The molecule has 1 aromatic carbocycles. The normalized spacial score (nSPS) is 16.3. The summed E-state index contributed by atoms with van der Waals surface area (Å²) in [5.41, 5.74) is 1.31. The van der Waals surface area contributed by atoms with Gasteiger partial charge in [-0.15, -0.1) is 0 Å². The highest BCUT2D eigenvalue weighted by Crippen LogP contribution is 2.24. The molecule has 0 radical (unpaired) electrons. The summed E-state index contributed by atoms with van der Waals surface area (Å²) in [6.45, 7) is 4.20. The lowest BCUT2D eigenvalue weighted by Gasteiger charge is -2.14. The summed E-state index contributed by atoms with van der Waals surface area (Å²) in [4.78, 5) is 0. The SMILES string of the molecule is CCCNCc1cccc(OC2CCCC2)c1. The molecule has 0 unspecified atom stereocenters. The van der Waals surface area contributed by atoms with Gasteiger partial charge in [-0.3, -0.25) is 0 Å². The van der Waals surface area contributed by atoms with E-state index in [1.807, 2.05) is 0 Å². The van der Waals surface area contributed by atoms with Crippen LogP contribution >= 0.6 is 0 Å². The van der Waals surface area contributed by atoms with Gasteiger partial charge in [0.15, 0.2) is 0 Å². The van der Waals surface area contributed by atoms with Crippen molar-refractivity contribution >= 4 is 0 Å². The van der Waals surface area contributed by atoms with Crippen LogP contribution in [0.1, 0.15) is 44.6 Å². The van der Waals surface area contributed by atoms with Crippen molar-refractivity contribution in [3.05, 3.63) is 29.8 Å². The Bertz CT molecular complexity index is 331. The fourth-order valence-corrected chi connectivity index (χ4v) is 2.34. The van der Waals surface area contributed by atoms with Gasteiger partial charge in [0.1, 0.15) is 5.75 Å². The topological polar surface area (TPSA) is 21.3 Å². The second-order valence-electron chi connectivity index (χ2n) is 4.85. The maximum Gasteiger partial charge on any atom is 0.120 e. The van der Waals surface area contributed by atoms with Gasteiger partial charge >= 0.3 is 0 Å². The van der Waals surface area contributed by atoms with E-state index in [0.29, 0.717) is 6.10 Å². The number of hydrogen-bond acceptors (Lipinski definition) is 2. The Hall–Kier alpha value is -1.02. The number of rotatable bonds is 6. The van der Waals surface area contributed by atoms with Crippen molar-refractivity contribution in [2.45, 2.75) is 51.7 Å². The van der Waals surface area contributed by atoms with Gasteiger partial charge in [0.2, 0.25) is 0 Å². The Balaban J connectivity index is 1.86. The predicted octanol–water partition coefficient (Wildman–Crippen LogP) is 3.51. The van der Waals surface area contributed by atoms with Gasteiger partial charge < -0.3 is 10.1 Å². The van der Waals surface area contributed by atoms with Gasteiger partial charge in [0.25, 0.3) is 0 Å². The molecule has 1 aliphatic rings. The molecule has 0 spiro atoms.